The number of likely N-dealkylation sites (N-methyl/N-ethyl adjacent to an activating group) is 1. The highest BCUT2D eigenvalue weighted by molar-refractivity contribution is 5.99. The number of pyridine rings is 1. The van der Waals surface area contributed by atoms with Crippen LogP contribution in [0.2, 0.25) is 0 Å². The molecule has 2 aromatic carbocycles. The molecule has 0 spiro atoms. The molecule has 0 unspecified atom stereocenters. The van der Waals surface area contributed by atoms with E-state index in [1.54, 1.807) is 34.7 Å². The Bertz CT molecular complexity index is 2170. The molecule has 8 rings (SSSR count). The Morgan fingerprint density at radius 1 is 1.06 bits per heavy atom. The number of carbonyl (C=O) groups is 2. The van der Waals surface area contributed by atoms with E-state index in [2.05, 4.69) is 15.4 Å². The van der Waals surface area contributed by atoms with Gasteiger partial charge in [-0.2, -0.15) is 5.10 Å². The van der Waals surface area contributed by atoms with Crippen molar-refractivity contribution < 1.29 is 27.8 Å². The molecule has 4 bridgehead atoms. The Morgan fingerprint density at radius 2 is 1.90 bits per heavy atom. The molecule has 50 heavy (non-hydrogen) atoms. The van der Waals surface area contributed by atoms with Gasteiger partial charge in [-0.15, -0.1) is 0 Å². The number of ether oxygens (including phenoxy) is 2. The van der Waals surface area contributed by atoms with Gasteiger partial charge in [-0.1, -0.05) is 6.07 Å². The number of aryl methyl sites for hydroxylation is 1. The molecular formula is C36H36F2N8O4. The van der Waals surface area contributed by atoms with Crippen LogP contribution >= 0.6 is 0 Å². The van der Waals surface area contributed by atoms with Crippen molar-refractivity contribution in [3.63, 3.8) is 0 Å². The van der Waals surface area contributed by atoms with Crippen LogP contribution in [0.25, 0.3) is 28.0 Å². The molecular weight excluding hydrogens is 646 g/mol. The van der Waals surface area contributed by atoms with Gasteiger partial charge >= 0.3 is 0 Å². The molecule has 5 aromatic rings. The lowest BCUT2D eigenvalue weighted by Gasteiger charge is -2.30. The summed E-state index contributed by atoms with van der Waals surface area (Å²) in [5.74, 6) is 0.109. The van der Waals surface area contributed by atoms with Crippen molar-refractivity contribution in [2.45, 2.75) is 57.5 Å². The van der Waals surface area contributed by atoms with Crippen LogP contribution in [0.4, 0.5) is 14.6 Å². The number of carbonyl (C=O) groups excluding carboxylic acids is 2. The first-order valence-corrected chi connectivity index (χ1v) is 16.6. The minimum absolute atomic E-state index is 0.220. The Labute approximate surface area is 286 Å². The monoisotopic (exact) mass is 682 g/mol. The van der Waals surface area contributed by atoms with E-state index in [0.29, 0.717) is 70.5 Å². The van der Waals surface area contributed by atoms with Gasteiger partial charge in [0.2, 0.25) is 5.91 Å². The highest BCUT2D eigenvalue weighted by Gasteiger charge is 2.43. The molecule has 6 heterocycles. The van der Waals surface area contributed by atoms with Crippen LogP contribution in [0.5, 0.6) is 5.75 Å². The quantitative estimate of drug-likeness (QED) is 0.292. The number of nitrogens with zero attached hydrogens (tertiary/aromatic N) is 7. The first kappa shape index (κ1) is 31.9. The molecule has 3 aromatic heterocycles. The summed E-state index contributed by atoms with van der Waals surface area (Å²) in [6.45, 7) is 4.51. The predicted molar refractivity (Wildman–Crippen MR) is 180 cm³/mol. The fourth-order valence-corrected chi connectivity index (χ4v) is 7.50. The lowest BCUT2D eigenvalue weighted by molar-refractivity contribution is -0.135. The van der Waals surface area contributed by atoms with Gasteiger partial charge in [0.25, 0.3) is 5.91 Å². The molecule has 1 fully saturated rings. The molecule has 0 saturated carbocycles. The summed E-state index contributed by atoms with van der Waals surface area (Å²) in [4.78, 5) is 41.5. The zero-order valence-corrected chi connectivity index (χ0v) is 28.1. The van der Waals surface area contributed by atoms with Crippen LogP contribution in [0, 0.1) is 18.6 Å². The molecule has 14 heteroatoms. The minimum atomic E-state index is -0.791. The number of nitrogens with one attached hydrogen (secondary N) is 1. The Kier molecular flexibility index (Phi) is 7.77. The van der Waals surface area contributed by atoms with Gasteiger partial charge < -0.3 is 29.2 Å². The summed E-state index contributed by atoms with van der Waals surface area (Å²) in [7, 11) is 3.30. The normalized spacial score (nSPS) is 21.8. The number of fused-ring (bicyclic) bond motifs is 8. The second kappa shape index (κ2) is 12.2. The van der Waals surface area contributed by atoms with E-state index >= 15 is 0 Å². The first-order chi connectivity index (χ1) is 24.1. The average molecular weight is 683 g/mol. The van der Waals surface area contributed by atoms with Crippen LogP contribution in [0.1, 0.15) is 35.2 Å². The summed E-state index contributed by atoms with van der Waals surface area (Å²) in [5, 5.41) is 7.98. The Hall–Kier alpha value is -5.37. The van der Waals surface area contributed by atoms with Crippen molar-refractivity contribution in [1.29, 1.82) is 0 Å². The van der Waals surface area contributed by atoms with Gasteiger partial charge in [0, 0.05) is 57.4 Å². The number of benzene rings is 2. The summed E-state index contributed by atoms with van der Waals surface area (Å²) in [6.07, 6.45) is 1.38. The van der Waals surface area contributed by atoms with E-state index in [0.717, 1.165) is 5.52 Å². The molecule has 4 atom stereocenters. The van der Waals surface area contributed by atoms with Gasteiger partial charge in [0.1, 0.15) is 46.9 Å². The second-order valence-electron chi connectivity index (χ2n) is 13.3. The van der Waals surface area contributed by atoms with Crippen molar-refractivity contribution in [3.05, 3.63) is 83.4 Å². The molecule has 1 N–H and O–H groups in total. The number of amides is 2. The molecule has 2 amide bonds. The zero-order valence-electron chi connectivity index (χ0n) is 28.1. The number of hydrogen-bond donors (Lipinski definition) is 1. The highest BCUT2D eigenvalue weighted by Crippen LogP contribution is 2.34. The molecule has 12 nitrogen and oxygen atoms in total. The third kappa shape index (κ3) is 5.43. The van der Waals surface area contributed by atoms with Crippen molar-refractivity contribution in [3.8, 4) is 22.7 Å². The fourth-order valence-electron chi connectivity index (χ4n) is 7.50. The van der Waals surface area contributed by atoms with Crippen LogP contribution in [0.15, 0.2) is 54.7 Å². The maximum atomic E-state index is 14.9. The molecule has 258 valence electrons. The summed E-state index contributed by atoms with van der Waals surface area (Å²) in [5.41, 5.74) is 3.87. The van der Waals surface area contributed by atoms with Crippen LogP contribution in [-0.2, 0) is 22.5 Å². The number of anilines is 1. The van der Waals surface area contributed by atoms with E-state index in [1.165, 1.54) is 30.5 Å². The average Bonchev–Trinajstić information content (AvgIpc) is 3.75. The summed E-state index contributed by atoms with van der Waals surface area (Å²) in [6, 6.07) is 11.5. The second-order valence-corrected chi connectivity index (χ2v) is 13.3. The van der Waals surface area contributed by atoms with E-state index in [-0.39, 0.29) is 37.0 Å². The lowest BCUT2D eigenvalue weighted by Crippen LogP contribution is -2.49. The van der Waals surface area contributed by atoms with Crippen molar-refractivity contribution in [2.75, 3.05) is 32.6 Å². The van der Waals surface area contributed by atoms with Crippen LogP contribution in [0.3, 0.4) is 0 Å². The Balaban J connectivity index is 1.19. The maximum absolute atomic E-state index is 14.9. The molecule has 1 saturated heterocycles. The number of imidazole rings is 1. The van der Waals surface area contributed by atoms with Gasteiger partial charge in [0.05, 0.1) is 46.8 Å². The molecule has 0 radical (unpaired) electrons. The third-order valence-electron chi connectivity index (χ3n) is 9.85. The first-order valence-electron chi connectivity index (χ1n) is 16.6. The third-order valence-corrected chi connectivity index (χ3v) is 9.85. The number of hydrogen-bond acceptors (Lipinski definition) is 8. The number of halogens is 2. The predicted octanol–water partition coefficient (Wildman–Crippen LogP) is 4.38. The number of likely N-dealkylation sites (tertiary alicyclic amines) is 1. The van der Waals surface area contributed by atoms with Crippen LogP contribution in [-0.4, -0.2) is 97.5 Å². The maximum Gasteiger partial charge on any atom is 0.258 e. The van der Waals surface area contributed by atoms with Gasteiger partial charge in [-0.05, 0) is 50.6 Å². The van der Waals surface area contributed by atoms with Crippen molar-refractivity contribution in [1.82, 2.24) is 34.1 Å². The summed E-state index contributed by atoms with van der Waals surface area (Å²) >= 11 is 0. The van der Waals surface area contributed by atoms with Gasteiger partial charge in [-0.3, -0.25) is 9.59 Å². The van der Waals surface area contributed by atoms with Crippen molar-refractivity contribution in [2.24, 2.45) is 0 Å². The summed E-state index contributed by atoms with van der Waals surface area (Å²) < 4.78 is 44.5. The smallest absolute Gasteiger partial charge is 0.258 e. The zero-order chi connectivity index (χ0) is 34.8. The standard InChI is InChI=1S/C36H36F2N8O4/c1-19-10-30-26(15-39-46(30)29-9-8-21(37)13-32(29)50-19)35(47)45-16-23-14-31(45)36(48)43(3)17-24(49-4)18-44-20(2)40-28-12-22(38)11-25(34(28)44)27-6-5-7-33(41-23)42-27/h5-9,11-13,15,19,23-24,31H,10,14,16-18H2,1-4H3,(H,41,42)/t19-,23-,24-,31-/m0/s1. The van der Waals surface area contributed by atoms with E-state index in [9.17, 15) is 18.4 Å². The van der Waals surface area contributed by atoms with Crippen molar-refractivity contribution >= 4 is 28.7 Å². The van der Waals surface area contributed by atoms with E-state index in [1.807, 2.05) is 36.6 Å². The SMILES string of the molecule is CO[C@H]1CN(C)C(=O)[C@@H]2C[C@@H](CN2C(=O)c2cnn3c2C[C@H](C)Oc2cc(F)ccc2-3)Nc2cccc(n2)-c2cc(F)cc3nc(C)n(c23)C1. The van der Waals surface area contributed by atoms with E-state index < -0.39 is 23.8 Å². The fraction of sp³-hybridized carbons (Fsp3) is 0.361. The molecule has 3 aliphatic heterocycles. The van der Waals surface area contributed by atoms with E-state index in [4.69, 9.17) is 14.5 Å². The van der Waals surface area contributed by atoms with Gasteiger partial charge in [0.15, 0.2) is 0 Å². The number of methoxy groups -OCH3 is 1. The van der Waals surface area contributed by atoms with Crippen LogP contribution < -0.4 is 10.1 Å². The number of rotatable bonds is 2. The Morgan fingerprint density at radius 3 is 2.72 bits per heavy atom. The number of aromatic nitrogens is 5. The highest BCUT2D eigenvalue weighted by atomic mass is 19.1. The molecule has 3 aliphatic rings. The largest absolute Gasteiger partial charge is 0.488 e. The minimum Gasteiger partial charge on any atom is -0.488 e. The lowest BCUT2D eigenvalue weighted by atomic mass is 10.1. The topological polar surface area (TPSA) is 120 Å². The molecule has 0 aliphatic carbocycles. The van der Waals surface area contributed by atoms with Gasteiger partial charge in [-0.25, -0.2) is 23.4 Å².